The molecule has 0 radical (unpaired) electrons. The van der Waals surface area contributed by atoms with Crippen molar-refractivity contribution in [2.24, 2.45) is 0 Å². The van der Waals surface area contributed by atoms with E-state index in [1.54, 1.807) is 12.5 Å². The zero-order valence-corrected chi connectivity index (χ0v) is 19.1. The van der Waals surface area contributed by atoms with E-state index in [-0.39, 0.29) is 0 Å². The Morgan fingerprint density at radius 3 is 2.75 bits per heavy atom. The first-order valence-electron chi connectivity index (χ1n) is 11.3. The lowest BCUT2D eigenvalue weighted by Gasteiger charge is -2.20. The molecule has 3 heterocycles. The van der Waals surface area contributed by atoms with Crippen LogP contribution in [0.1, 0.15) is 31.7 Å². The molecule has 0 amide bonds. The molecule has 5 nitrogen and oxygen atoms in total. The highest BCUT2D eigenvalue weighted by atomic mass is 35.5. The number of fused-ring (bicyclic) bond motifs is 1. The van der Waals surface area contributed by atoms with E-state index >= 15 is 0 Å². The highest BCUT2D eigenvalue weighted by Gasteiger charge is 2.19. The molecule has 2 aromatic heterocycles. The van der Waals surface area contributed by atoms with Crippen molar-refractivity contribution in [1.29, 1.82) is 0 Å². The summed E-state index contributed by atoms with van der Waals surface area (Å²) < 4.78 is 13.5. The van der Waals surface area contributed by atoms with Gasteiger partial charge in [-0.05, 0) is 74.2 Å². The molecule has 1 aliphatic rings. The van der Waals surface area contributed by atoms with Crippen LogP contribution in [0.2, 0.25) is 5.02 Å². The second-order valence-electron chi connectivity index (χ2n) is 8.56. The smallest absolute Gasteiger partial charge is 0.240 e. The van der Waals surface area contributed by atoms with Gasteiger partial charge >= 0.3 is 0 Å². The summed E-state index contributed by atoms with van der Waals surface area (Å²) >= 11 is 6.05. The molecule has 0 bridgehead atoms. The van der Waals surface area contributed by atoms with E-state index in [1.165, 1.54) is 19.4 Å². The summed E-state index contributed by atoms with van der Waals surface area (Å²) in [5.41, 5.74) is 4.34. The standard InChI is InChI=1S/C26H28ClN3O2/c1-19-4-2-12-29(19)13-3-14-32-26-24-16-21(22-11-15-31-18-22)7-10-25(24)30(28-26)17-20-5-8-23(27)9-6-20/h5-11,15-16,18-19H,2-4,12-14,17H2,1H3/t19-/m0/s1. The van der Waals surface area contributed by atoms with Crippen molar-refractivity contribution < 1.29 is 9.15 Å². The van der Waals surface area contributed by atoms with E-state index in [0.717, 1.165) is 45.6 Å². The number of ether oxygens (including phenoxy) is 1. The van der Waals surface area contributed by atoms with Crippen LogP contribution in [0, 0.1) is 0 Å². The predicted octanol–water partition coefficient (Wildman–Crippen LogP) is 6.25. The van der Waals surface area contributed by atoms with Gasteiger partial charge in [0.2, 0.25) is 5.88 Å². The zero-order chi connectivity index (χ0) is 21.9. The van der Waals surface area contributed by atoms with Gasteiger partial charge in [-0.1, -0.05) is 29.8 Å². The molecular weight excluding hydrogens is 422 g/mol. The van der Waals surface area contributed by atoms with Crippen LogP contribution in [-0.2, 0) is 6.54 Å². The van der Waals surface area contributed by atoms with Gasteiger partial charge in [-0.3, -0.25) is 4.68 Å². The Balaban J connectivity index is 1.38. The van der Waals surface area contributed by atoms with E-state index in [4.69, 9.17) is 25.9 Å². The number of halogens is 1. The van der Waals surface area contributed by atoms with Crippen LogP contribution < -0.4 is 4.74 Å². The largest absolute Gasteiger partial charge is 0.476 e. The summed E-state index contributed by atoms with van der Waals surface area (Å²) in [6.45, 7) is 5.91. The first kappa shape index (κ1) is 21.1. The number of rotatable bonds is 8. The minimum atomic E-state index is 0.659. The van der Waals surface area contributed by atoms with Crippen LogP contribution in [0.3, 0.4) is 0 Å². The van der Waals surface area contributed by atoms with Crippen LogP contribution in [-0.4, -0.2) is 40.4 Å². The van der Waals surface area contributed by atoms with Crippen molar-refractivity contribution in [3.63, 3.8) is 0 Å². The van der Waals surface area contributed by atoms with Crippen molar-refractivity contribution in [3.8, 4) is 17.0 Å². The van der Waals surface area contributed by atoms with Gasteiger partial charge in [-0.15, -0.1) is 5.10 Å². The minimum Gasteiger partial charge on any atom is -0.476 e. The van der Waals surface area contributed by atoms with Crippen LogP contribution >= 0.6 is 11.6 Å². The molecule has 166 valence electrons. The molecule has 0 saturated carbocycles. The second-order valence-corrected chi connectivity index (χ2v) is 9.00. The third kappa shape index (κ3) is 4.54. The Kier molecular flexibility index (Phi) is 6.19. The zero-order valence-electron chi connectivity index (χ0n) is 18.3. The van der Waals surface area contributed by atoms with Crippen molar-refractivity contribution in [2.45, 2.75) is 38.8 Å². The number of aromatic nitrogens is 2. The quantitative estimate of drug-likeness (QED) is 0.298. The maximum Gasteiger partial charge on any atom is 0.240 e. The van der Waals surface area contributed by atoms with Crippen LogP contribution in [0.5, 0.6) is 5.88 Å². The lowest BCUT2D eigenvalue weighted by atomic mass is 10.1. The Hall–Kier alpha value is -2.76. The first-order chi connectivity index (χ1) is 15.7. The van der Waals surface area contributed by atoms with Gasteiger partial charge in [0.15, 0.2) is 0 Å². The average molecular weight is 450 g/mol. The van der Waals surface area contributed by atoms with Gasteiger partial charge in [0.05, 0.1) is 36.6 Å². The summed E-state index contributed by atoms with van der Waals surface area (Å²) in [7, 11) is 0. The molecule has 2 aromatic carbocycles. The van der Waals surface area contributed by atoms with Crippen LogP contribution in [0.15, 0.2) is 65.5 Å². The number of hydrogen-bond acceptors (Lipinski definition) is 4. The molecular formula is C26H28ClN3O2. The summed E-state index contributed by atoms with van der Waals surface area (Å²) in [6.07, 6.45) is 7.06. The number of nitrogens with zero attached hydrogens (tertiary/aromatic N) is 3. The van der Waals surface area contributed by atoms with E-state index in [9.17, 15) is 0 Å². The number of hydrogen-bond donors (Lipinski definition) is 0. The maximum atomic E-state index is 6.22. The molecule has 0 unspecified atom stereocenters. The predicted molar refractivity (Wildman–Crippen MR) is 128 cm³/mol. The van der Waals surface area contributed by atoms with Gasteiger partial charge in [0.1, 0.15) is 0 Å². The summed E-state index contributed by atoms with van der Waals surface area (Å²) in [5.74, 6) is 0.689. The first-order valence-corrected chi connectivity index (χ1v) is 11.7. The SMILES string of the molecule is C[C@H]1CCCN1CCCOc1nn(Cc2ccc(Cl)cc2)c2ccc(-c3ccoc3)cc12. The fraction of sp³-hybridized carbons (Fsp3) is 0.346. The van der Waals surface area contributed by atoms with E-state index in [1.807, 2.05) is 35.0 Å². The van der Waals surface area contributed by atoms with Crippen LogP contribution in [0.4, 0.5) is 0 Å². The average Bonchev–Trinajstić information content (AvgIpc) is 3.54. The van der Waals surface area contributed by atoms with E-state index in [2.05, 4.69) is 30.0 Å². The van der Waals surface area contributed by atoms with Gasteiger partial charge < -0.3 is 14.1 Å². The van der Waals surface area contributed by atoms with Crippen molar-refractivity contribution >= 4 is 22.5 Å². The molecule has 0 spiro atoms. The molecule has 0 N–H and O–H groups in total. The Bertz CT molecular complexity index is 1170. The molecule has 0 aliphatic carbocycles. The summed E-state index contributed by atoms with van der Waals surface area (Å²) in [6, 6.07) is 16.9. The Morgan fingerprint density at radius 1 is 1.12 bits per heavy atom. The second kappa shape index (κ2) is 9.39. The fourth-order valence-corrected chi connectivity index (χ4v) is 4.64. The Morgan fingerprint density at radius 2 is 2.00 bits per heavy atom. The van der Waals surface area contributed by atoms with Crippen LogP contribution in [0.25, 0.3) is 22.0 Å². The van der Waals surface area contributed by atoms with Crippen molar-refractivity contribution in [1.82, 2.24) is 14.7 Å². The number of furan rings is 1. The highest BCUT2D eigenvalue weighted by molar-refractivity contribution is 6.30. The third-order valence-electron chi connectivity index (χ3n) is 6.34. The molecule has 1 fully saturated rings. The van der Waals surface area contributed by atoms with E-state index < -0.39 is 0 Å². The number of likely N-dealkylation sites (tertiary alicyclic amines) is 1. The summed E-state index contributed by atoms with van der Waals surface area (Å²) in [4.78, 5) is 2.55. The maximum absolute atomic E-state index is 6.22. The minimum absolute atomic E-state index is 0.659. The fourth-order valence-electron chi connectivity index (χ4n) is 4.51. The van der Waals surface area contributed by atoms with Gasteiger partial charge in [0, 0.05) is 23.2 Å². The Labute approximate surface area is 193 Å². The molecule has 1 saturated heterocycles. The van der Waals surface area contributed by atoms with Gasteiger partial charge in [0.25, 0.3) is 0 Å². The third-order valence-corrected chi connectivity index (χ3v) is 6.59. The molecule has 1 atom stereocenters. The normalized spacial score (nSPS) is 16.8. The van der Waals surface area contributed by atoms with Gasteiger partial charge in [-0.2, -0.15) is 0 Å². The lowest BCUT2D eigenvalue weighted by molar-refractivity contribution is 0.227. The van der Waals surface area contributed by atoms with Crippen molar-refractivity contribution in [2.75, 3.05) is 19.7 Å². The molecule has 32 heavy (non-hydrogen) atoms. The van der Waals surface area contributed by atoms with E-state index in [0.29, 0.717) is 25.1 Å². The summed E-state index contributed by atoms with van der Waals surface area (Å²) in [5, 5.41) is 6.59. The number of benzene rings is 2. The lowest BCUT2D eigenvalue weighted by Crippen LogP contribution is -2.28. The molecule has 5 rings (SSSR count). The highest BCUT2D eigenvalue weighted by Crippen LogP contribution is 2.31. The van der Waals surface area contributed by atoms with Gasteiger partial charge in [-0.25, -0.2) is 0 Å². The molecule has 1 aliphatic heterocycles. The molecule has 6 heteroatoms. The van der Waals surface area contributed by atoms with Crippen molar-refractivity contribution in [3.05, 3.63) is 71.6 Å². The topological polar surface area (TPSA) is 43.4 Å². The monoisotopic (exact) mass is 449 g/mol. The molecule has 4 aromatic rings.